The molecule has 0 saturated carbocycles. The maximum Gasteiger partial charge on any atom is 0.180 e. The molecule has 0 N–H and O–H groups in total. The summed E-state index contributed by atoms with van der Waals surface area (Å²) in [6.45, 7) is 6.47. The second kappa shape index (κ2) is 8.09. The lowest BCUT2D eigenvalue weighted by molar-refractivity contribution is 0.252. The van der Waals surface area contributed by atoms with Gasteiger partial charge in [-0.1, -0.05) is 41.6 Å². The predicted molar refractivity (Wildman–Crippen MR) is 129 cm³/mol. The van der Waals surface area contributed by atoms with E-state index in [2.05, 4.69) is 67.8 Å². The Labute approximate surface area is 186 Å². The lowest BCUT2D eigenvalue weighted by atomic mass is 10.1. The molecule has 1 saturated heterocycles. The second-order valence-electron chi connectivity index (χ2n) is 8.36. The Morgan fingerprint density at radius 3 is 2.55 bits per heavy atom. The van der Waals surface area contributed by atoms with Gasteiger partial charge in [0.1, 0.15) is 0 Å². The summed E-state index contributed by atoms with van der Waals surface area (Å²) >= 11 is 1.90. The summed E-state index contributed by atoms with van der Waals surface area (Å²) in [6.07, 6.45) is 2.45. The zero-order valence-corrected chi connectivity index (χ0v) is 18.4. The molecule has 2 aliphatic rings. The molecule has 158 valence electrons. The molecule has 3 aromatic carbocycles. The Bertz CT molecular complexity index is 1210. The average molecular weight is 431 g/mol. The van der Waals surface area contributed by atoms with Crippen LogP contribution in [0.4, 0.5) is 11.5 Å². The fourth-order valence-corrected chi connectivity index (χ4v) is 5.94. The Morgan fingerprint density at radius 1 is 0.839 bits per heavy atom. The van der Waals surface area contributed by atoms with E-state index in [0.717, 1.165) is 49.5 Å². The highest BCUT2D eigenvalue weighted by Crippen LogP contribution is 2.45. The summed E-state index contributed by atoms with van der Waals surface area (Å²) in [5, 5.41) is 8.21. The number of hydrogen-bond donors (Lipinski definition) is 0. The summed E-state index contributed by atoms with van der Waals surface area (Å²) in [5.41, 5.74) is 2.25. The van der Waals surface area contributed by atoms with Gasteiger partial charge in [-0.15, -0.1) is 0 Å². The van der Waals surface area contributed by atoms with E-state index in [4.69, 9.17) is 4.52 Å². The Kier molecular flexibility index (Phi) is 4.97. The minimum absolute atomic E-state index is 0.873. The Hall–Kier alpha value is -2.70. The van der Waals surface area contributed by atoms with Crippen molar-refractivity contribution in [1.29, 1.82) is 0 Å². The zero-order chi connectivity index (χ0) is 20.6. The highest BCUT2D eigenvalue weighted by Gasteiger charge is 2.23. The van der Waals surface area contributed by atoms with Crippen LogP contribution < -0.4 is 9.21 Å². The van der Waals surface area contributed by atoms with Crippen molar-refractivity contribution in [2.24, 2.45) is 0 Å². The van der Waals surface area contributed by atoms with E-state index in [9.17, 15) is 0 Å². The summed E-state index contributed by atoms with van der Waals surface area (Å²) < 4.78 is 7.97. The SMILES string of the molecule is c1cc2c3c(cccc3c1)N(CCCCN1CCN(c3noc4ccccc34)CC1)S2. The van der Waals surface area contributed by atoms with Crippen molar-refractivity contribution < 1.29 is 4.52 Å². The Morgan fingerprint density at radius 2 is 1.65 bits per heavy atom. The molecular formula is C25H26N4OS. The molecule has 31 heavy (non-hydrogen) atoms. The van der Waals surface area contributed by atoms with Gasteiger partial charge in [-0.2, -0.15) is 0 Å². The van der Waals surface area contributed by atoms with Crippen LogP contribution in [-0.4, -0.2) is 49.3 Å². The molecule has 4 aromatic rings. The number of nitrogens with zero attached hydrogens (tertiary/aromatic N) is 4. The lowest BCUT2D eigenvalue weighted by Gasteiger charge is -2.34. The number of hydrogen-bond acceptors (Lipinski definition) is 6. The minimum atomic E-state index is 0.873. The number of anilines is 2. The molecule has 0 spiro atoms. The molecule has 0 atom stereocenters. The average Bonchev–Trinajstić information content (AvgIpc) is 3.41. The summed E-state index contributed by atoms with van der Waals surface area (Å²) in [5.74, 6) is 0.995. The lowest BCUT2D eigenvalue weighted by Crippen LogP contribution is -2.46. The fraction of sp³-hybridized carbons (Fsp3) is 0.320. The molecule has 3 heterocycles. The first-order valence-corrected chi connectivity index (χ1v) is 11.9. The van der Waals surface area contributed by atoms with E-state index < -0.39 is 0 Å². The highest BCUT2D eigenvalue weighted by molar-refractivity contribution is 8.01. The van der Waals surface area contributed by atoms with Gasteiger partial charge in [0.15, 0.2) is 11.4 Å². The third kappa shape index (κ3) is 3.54. The van der Waals surface area contributed by atoms with E-state index in [1.807, 2.05) is 24.1 Å². The molecule has 6 rings (SSSR count). The first-order valence-electron chi connectivity index (χ1n) is 11.2. The first kappa shape index (κ1) is 19.0. The van der Waals surface area contributed by atoms with E-state index in [0.29, 0.717) is 0 Å². The van der Waals surface area contributed by atoms with Gasteiger partial charge >= 0.3 is 0 Å². The molecule has 0 aliphatic carbocycles. The van der Waals surface area contributed by atoms with Crippen LogP contribution in [0, 0.1) is 0 Å². The fourth-order valence-electron chi connectivity index (χ4n) is 4.78. The monoisotopic (exact) mass is 430 g/mol. The Balaban J connectivity index is 0.994. The standard InChI is InChI=1S/C25H26N4OS/c1-2-11-22-20(9-1)25(26-30-22)28-17-15-27(16-18-28)13-3-4-14-29-21-10-5-7-19-8-6-12-23(31-29)24(19)21/h1-2,5-12H,3-4,13-18H2. The molecule has 2 aliphatic heterocycles. The van der Waals surface area contributed by atoms with Crippen molar-refractivity contribution in [3.63, 3.8) is 0 Å². The number of aromatic nitrogens is 1. The summed E-state index contributed by atoms with van der Waals surface area (Å²) in [6, 6.07) is 21.4. The van der Waals surface area contributed by atoms with Gasteiger partial charge in [-0.3, -0.25) is 4.90 Å². The maximum atomic E-state index is 5.49. The molecular weight excluding hydrogens is 404 g/mol. The van der Waals surface area contributed by atoms with Crippen molar-refractivity contribution in [2.45, 2.75) is 17.7 Å². The molecule has 0 amide bonds. The van der Waals surface area contributed by atoms with Crippen LogP contribution in [0.5, 0.6) is 0 Å². The first-order chi connectivity index (χ1) is 15.4. The summed E-state index contributed by atoms with van der Waals surface area (Å²) in [4.78, 5) is 6.34. The van der Waals surface area contributed by atoms with Crippen molar-refractivity contribution in [2.75, 3.05) is 48.5 Å². The van der Waals surface area contributed by atoms with Crippen LogP contribution >= 0.6 is 11.9 Å². The van der Waals surface area contributed by atoms with Gasteiger partial charge in [-0.25, -0.2) is 0 Å². The number of benzene rings is 3. The molecule has 1 aromatic heterocycles. The van der Waals surface area contributed by atoms with Crippen LogP contribution in [0.25, 0.3) is 21.7 Å². The smallest absolute Gasteiger partial charge is 0.180 e. The van der Waals surface area contributed by atoms with E-state index in [-0.39, 0.29) is 0 Å². The maximum absolute atomic E-state index is 5.49. The van der Waals surface area contributed by atoms with Crippen LogP contribution in [0.15, 0.2) is 70.1 Å². The molecule has 1 fully saturated rings. The number of fused-ring (bicyclic) bond motifs is 1. The van der Waals surface area contributed by atoms with Gasteiger partial charge in [0.05, 0.1) is 11.1 Å². The zero-order valence-electron chi connectivity index (χ0n) is 17.5. The van der Waals surface area contributed by atoms with Gasteiger partial charge in [0.2, 0.25) is 0 Å². The van der Waals surface area contributed by atoms with Crippen molar-refractivity contribution in [1.82, 2.24) is 10.1 Å². The van der Waals surface area contributed by atoms with E-state index in [1.54, 1.807) is 0 Å². The second-order valence-corrected chi connectivity index (χ2v) is 9.43. The van der Waals surface area contributed by atoms with Gasteiger partial charge in [0.25, 0.3) is 0 Å². The van der Waals surface area contributed by atoms with Crippen molar-refractivity contribution >= 4 is 45.2 Å². The van der Waals surface area contributed by atoms with Gasteiger partial charge in [-0.05, 0) is 61.0 Å². The van der Waals surface area contributed by atoms with Crippen LogP contribution in [0.2, 0.25) is 0 Å². The number of unbranched alkanes of at least 4 members (excludes halogenated alkanes) is 1. The number of rotatable bonds is 6. The molecule has 0 radical (unpaired) electrons. The quantitative estimate of drug-likeness (QED) is 0.301. The topological polar surface area (TPSA) is 35.8 Å². The van der Waals surface area contributed by atoms with Crippen LogP contribution in [0.1, 0.15) is 12.8 Å². The normalized spacial score (nSPS) is 16.6. The number of piperazine rings is 1. The van der Waals surface area contributed by atoms with Crippen molar-refractivity contribution in [3.8, 4) is 0 Å². The van der Waals surface area contributed by atoms with E-state index >= 15 is 0 Å². The molecule has 0 bridgehead atoms. The predicted octanol–water partition coefficient (Wildman–Crippen LogP) is 5.41. The van der Waals surface area contributed by atoms with Crippen LogP contribution in [0.3, 0.4) is 0 Å². The molecule has 5 nitrogen and oxygen atoms in total. The van der Waals surface area contributed by atoms with Gasteiger partial charge in [0, 0.05) is 43.0 Å². The van der Waals surface area contributed by atoms with Gasteiger partial charge < -0.3 is 13.7 Å². The summed E-state index contributed by atoms with van der Waals surface area (Å²) in [7, 11) is 0. The third-order valence-electron chi connectivity index (χ3n) is 6.44. The van der Waals surface area contributed by atoms with Crippen molar-refractivity contribution in [3.05, 3.63) is 60.7 Å². The van der Waals surface area contributed by atoms with E-state index in [1.165, 1.54) is 40.7 Å². The van der Waals surface area contributed by atoms with Crippen LogP contribution in [-0.2, 0) is 0 Å². The third-order valence-corrected chi connectivity index (χ3v) is 7.57. The molecule has 6 heteroatoms. The highest BCUT2D eigenvalue weighted by atomic mass is 32.2. The molecule has 0 unspecified atom stereocenters. The largest absolute Gasteiger partial charge is 0.354 e. The minimum Gasteiger partial charge on any atom is -0.354 e. The number of para-hydroxylation sites is 1.